The lowest BCUT2D eigenvalue weighted by Crippen LogP contribution is -1.97. The van der Waals surface area contributed by atoms with Crippen LogP contribution in [0.2, 0.25) is 0 Å². The summed E-state index contributed by atoms with van der Waals surface area (Å²) in [5.74, 6) is 0.699. The summed E-state index contributed by atoms with van der Waals surface area (Å²) in [5, 5.41) is 8.76. The highest BCUT2D eigenvalue weighted by atomic mass is 127. The topological polar surface area (TPSA) is 57.2 Å². The van der Waals surface area contributed by atoms with E-state index in [1.54, 1.807) is 24.0 Å². The summed E-state index contributed by atoms with van der Waals surface area (Å²) in [7, 11) is 1.63. The van der Waals surface area contributed by atoms with Crippen molar-refractivity contribution >= 4 is 34.1 Å². The molecule has 3 rings (SSSR count). The zero-order valence-corrected chi connectivity index (χ0v) is 12.6. The van der Waals surface area contributed by atoms with E-state index in [0.29, 0.717) is 12.1 Å². The molecule has 8 heteroatoms. The molecule has 0 aliphatic heterocycles. The van der Waals surface area contributed by atoms with Crippen LogP contribution in [-0.4, -0.2) is 31.3 Å². The number of imidazole rings is 1. The molecule has 1 atom stereocenters. The van der Waals surface area contributed by atoms with E-state index in [9.17, 15) is 0 Å². The molecule has 0 aliphatic rings. The molecular formula is C10H9IN5OP. The van der Waals surface area contributed by atoms with Gasteiger partial charge in [0.05, 0.1) is 19.7 Å². The van der Waals surface area contributed by atoms with E-state index in [1.165, 1.54) is 0 Å². The molecular weight excluding hydrogens is 364 g/mol. The summed E-state index contributed by atoms with van der Waals surface area (Å²) in [6, 6.07) is 1.87. The first-order chi connectivity index (χ1) is 8.81. The number of ether oxygens (including phenoxy) is 1. The van der Waals surface area contributed by atoms with Gasteiger partial charge in [-0.05, 0) is 22.0 Å². The van der Waals surface area contributed by atoms with Crippen LogP contribution in [0, 0.1) is 0 Å². The first kappa shape index (κ1) is 11.9. The molecule has 3 aromatic rings. The Morgan fingerprint density at radius 3 is 3.06 bits per heavy atom. The third-order valence-electron chi connectivity index (χ3n) is 2.51. The maximum Gasteiger partial charge on any atom is 0.157 e. The van der Waals surface area contributed by atoms with Crippen molar-refractivity contribution in [3.63, 3.8) is 0 Å². The third kappa shape index (κ3) is 1.97. The van der Waals surface area contributed by atoms with Crippen LogP contribution in [0.25, 0.3) is 16.9 Å². The SMILES string of the molecule is COc1cc2nccn2nc1-c1cnn(PI)c1. The first-order valence-corrected chi connectivity index (χ1v) is 9.18. The minimum Gasteiger partial charge on any atom is -0.494 e. The Bertz CT molecular complexity index is 694. The number of halogens is 1. The normalized spacial score (nSPS) is 11.7. The molecule has 0 saturated carbocycles. The maximum absolute atomic E-state index is 5.37. The van der Waals surface area contributed by atoms with Gasteiger partial charge < -0.3 is 4.74 Å². The van der Waals surface area contributed by atoms with Gasteiger partial charge in [-0.3, -0.25) is 0 Å². The molecule has 18 heavy (non-hydrogen) atoms. The van der Waals surface area contributed by atoms with E-state index < -0.39 is 0 Å². The molecule has 3 aromatic heterocycles. The monoisotopic (exact) mass is 373 g/mol. The van der Waals surface area contributed by atoms with Crippen molar-refractivity contribution in [2.45, 2.75) is 0 Å². The zero-order chi connectivity index (χ0) is 12.5. The number of hydrogen-bond acceptors (Lipinski definition) is 4. The third-order valence-corrected chi connectivity index (χ3v) is 4.41. The minimum atomic E-state index is 0.568. The van der Waals surface area contributed by atoms with Crippen LogP contribution in [-0.2, 0) is 0 Å². The summed E-state index contributed by atoms with van der Waals surface area (Å²) < 4.78 is 8.96. The fourth-order valence-corrected chi connectivity index (χ4v) is 2.77. The van der Waals surface area contributed by atoms with E-state index >= 15 is 0 Å². The van der Waals surface area contributed by atoms with Gasteiger partial charge in [0.15, 0.2) is 11.4 Å². The van der Waals surface area contributed by atoms with E-state index in [1.807, 2.05) is 22.9 Å². The van der Waals surface area contributed by atoms with E-state index in [4.69, 9.17) is 4.74 Å². The molecule has 6 nitrogen and oxygen atoms in total. The molecule has 0 saturated heterocycles. The van der Waals surface area contributed by atoms with Crippen molar-refractivity contribution in [3.8, 4) is 17.0 Å². The van der Waals surface area contributed by atoms with Gasteiger partial charge in [-0.25, -0.2) is 14.0 Å². The number of fused-ring (bicyclic) bond motifs is 1. The van der Waals surface area contributed by atoms with Gasteiger partial charge in [-0.15, -0.1) is 0 Å². The first-order valence-electron chi connectivity index (χ1n) is 5.12. The highest BCUT2D eigenvalue weighted by Gasteiger charge is 2.12. The standard InChI is InChI=1S/C10H9IN5OP/c1-17-8-4-9-12-2-3-15(9)14-10(8)7-5-13-16(6-7)18-11/h2-6,18H,1H3. The molecule has 0 bridgehead atoms. The summed E-state index contributed by atoms with van der Waals surface area (Å²) in [5.41, 5.74) is 2.47. The fraction of sp³-hybridized carbons (Fsp3) is 0.100. The highest BCUT2D eigenvalue weighted by Crippen LogP contribution is 2.31. The summed E-state index contributed by atoms with van der Waals surface area (Å²) in [6.07, 6.45) is 7.83. The molecule has 0 spiro atoms. The van der Waals surface area contributed by atoms with Crippen LogP contribution >= 0.6 is 28.4 Å². The fourth-order valence-electron chi connectivity index (χ4n) is 1.69. The largest absolute Gasteiger partial charge is 0.494 e. The molecule has 3 heterocycles. The molecule has 0 radical (unpaired) electrons. The number of hydrogen-bond donors (Lipinski definition) is 0. The van der Waals surface area contributed by atoms with E-state index in [2.05, 4.69) is 37.2 Å². The Hall–Kier alpha value is -1.21. The van der Waals surface area contributed by atoms with Crippen molar-refractivity contribution < 1.29 is 4.74 Å². The van der Waals surface area contributed by atoms with Crippen LogP contribution in [0.15, 0.2) is 30.9 Å². The molecule has 0 fully saturated rings. The summed E-state index contributed by atoms with van der Waals surface area (Å²) >= 11 is 2.28. The van der Waals surface area contributed by atoms with Gasteiger partial charge in [0.1, 0.15) is 5.69 Å². The molecule has 0 aromatic carbocycles. The van der Waals surface area contributed by atoms with Crippen LogP contribution < -0.4 is 4.74 Å². The molecule has 0 aliphatic carbocycles. The number of nitrogens with zero attached hydrogens (tertiary/aromatic N) is 5. The predicted molar refractivity (Wildman–Crippen MR) is 78.5 cm³/mol. The van der Waals surface area contributed by atoms with Crippen molar-refractivity contribution in [3.05, 3.63) is 30.9 Å². The molecule has 92 valence electrons. The quantitative estimate of drug-likeness (QED) is 0.523. The van der Waals surface area contributed by atoms with Crippen LogP contribution in [0.5, 0.6) is 5.75 Å². The van der Waals surface area contributed by atoms with Crippen LogP contribution in [0.1, 0.15) is 0 Å². The van der Waals surface area contributed by atoms with Gasteiger partial charge in [0, 0.05) is 30.2 Å². The lowest BCUT2D eigenvalue weighted by Gasteiger charge is -2.06. The van der Waals surface area contributed by atoms with Crippen LogP contribution in [0.4, 0.5) is 0 Å². The lowest BCUT2D eigenvalue weighted by molar-refractivity contribution is 0.414. The highest BCUT2D eigenvalue weighted by molar-refractivity contribution is 14.2. The second-order valence-corrected chi connectivity index (χ2v) is 5.62. The second kappa shape index (κ2) is 4.81. The average Bonchev–Trinajstić information content (AvgIpc) is 3.05. The molecule has 0 amide bonds. The number of rotatable bonds is 3. The van der Waals surface area contributed by atoms with Crippen molar-refractivity contribution in [2.24, 2.45) is 0 Å². The van der Waals surface area contributed by atoms with Gasteiger partial charge >= 0.3 is 0 Å². The average molecular weight is 373 g/mol. The second-order valence-electron chi connectivity index (χ2n) is 3.55. The lowest BCUT2D eigenvalue weighted by atomic mass is 10.2. The van der Waals surface area contributed by atoms with E-state index in [0.717, 1.165) is 16.9 Å². The smallest absolute Gasteiger partial charge is 0.157 e. The van der Waals surface area contributed by atoms with Gasteiger partial charge in [0.25, 0.3) is 0 Å². The minimum absolute atomic E-state index is 0.568. The number of aromatic nitrogens is 5. The Morgan fingerprint density at radius 2 is 2.33 bits per heavy atom. The Kier molecular flexibility index (Phi) is 3.17. The zero-order valence-electron chi connectivity index (χ0n) is 9.41. The summed E-state index contributed by atoms with van der Waals surface area (Å²) in [6.45, 7) is 0. The van der Waals surface area contributed by atoms with Gasteiger partial charge in [0.2, 0.25) is 0 Å². The van der Waals surface area contributed by atoms with Gasteiger partial charge in [-0.1, -0.05) is 0 Å². The maximum atomic E-state index is 5.37. The van der Waals surface area contributed by atoms with Crippen molar-refractivity contribution in [2.75, 3.05) is 7.11 Å². The number of methoxy groups -OCH3 is 1. The Balaban J connectivity index is 2.19. The van der Waals surface area contributed by atoms with Crippen molar-refractivity contribution in [1.82, 2.24) is 24.1 Å². The predicted octanol–water partition coefficient (Wildman–Crippen LogP) is 2.39. The van der Waals surface area contributed by atoms with Crippen LogP contribution in [0.3, 0.4) is 0 Å². The van der Waals surface area contributed by atoms with Crippen molar-refractivity contribution in [1.29, 1.82) is 0 Å². The molecule has 1 unspecified atom stereocenters. The molecule has 0 N–H and O–H groups in total. The van der Waals surface area contributed by atoms with E-state index in [-0.39, 0.29) is 0 Å². The Labute approximate surface area is 118 Å². The summed E-state index contributed by atoms with van der Waals surface area (Å²) in [4.78, 5) is 4.18. The Morgan fingerprint density at radius 1 is 1.44 bits per heavy atom. The van der Waals surface area contributed by atoms with Gasteiger partial charge in [-0.2, -0.15) is 10.2 Å².